The summed E-state index contributed by atoms with van der Waals surface area (Å²) in [5.41, 5.74) is 5.80. The summed E-state index contributed by atoms with van der Waals surface area (Å²) in [5.74, 6) is 0. The Morgan fingerprint density at radius 2 is 1.91 bits per heavy atom. The zero-order chi connectivity index (χ0) is 16.8. The molecule has 2 aromatic rings. The molecule has 1 aromatic carbocycles. The van der Waals surface area contributed by atoms with Gasteiger partial charge in [0.05, 0.1) is 5.69 Å². The highest BCUT2D eigenvalue weighted by molar-refractivity contribution is 7.80. The van der Waals surface area contributed by atoms with Crippen LogP contribution < -0.4 is 10.6 Å². The van der Waals surface area contributed by atoms with Crippen molar-refractivity contribution in [2.75, 3.05) is 5.32 Å². The van der Waals surface area contributed by atoms with E-state index in [9.17, 15) is 0 Å². The molecule has 0 saturated carbocycles. The van der Waals surface area contributed by atoms with Crippen LogP contribution in [-0.2, 0) is 20.0 Å². The zero-order valence-electron chi connectivity index (χ0n) is 14.4. The number of benzene rings is 1. The third-order valence-electron chi connectivity index (χ3n) is 4.12. The Morgan fingerprint density at radius 1 is 1.22 bits per heavy atom. The predicted molar refractivity (Wildman–Crippen MR) is 101 cm³/mol. The van der Waals surface area contributed by atoms with Gasteiger partial charge in [0.2, 0.25) is 0 Å². The molecule has 4 nitrogen and oxygen atoms in total. The van der Waals surface area contributed by atoms with Crippen LogP contribution in [-0.4, -0.2) is 14.9 Å². The van der Waals surface area contributed by atoms with Crippen LogP contribution >= 0.6 is 12.2 Å². The number of aromatic nitrogens is 2. The second-order valence-corrected chi connectivity index (χ2v) is 6.29. The largest absolute Gasteiger partial charge is 0.358 e. The van der Waals surface area contributed by atoms with Gasteiger partial charge in [-0.3, -0.25) is 4.68 Å². The van der Waals surface area contributed by atoms with Crippen LogP contribution in [0.4, 0.5) is 5.69 Å². The summed E-state index contributed by atoms with van der Waals surface area (Å²) in [5, 5.41) is 11.5. The van der Waals surface area contributed by atoms with Gasteiger partial charge in [0.15, 0.2) is 5.11 Å². The molecule has 0 fully saturated rings. The van der Waals surface area contributed by atoms with Crippen LogP contribution in [0.5, 0.6) is 0 Å². The molecule has 5 heteroatoms. The maximum absolute atomic E-state index is 5.38. The summed E-state index contributed by atoms with van der Waals surface area (Å²) < 4.78 is 1.90. The maximum Gasteiger partial charge on any atom is 0.171 e. The molecular formula is C18H26N4S. The highest BCUT2D eigenvalue weighted by atomic mass is 32.1. The van der Waals surface area contributed by atoms with Crippen LogP contribution in [0.25, 0.3) is 0 Å². The lowest BCUT2D eigenvalue weighted by Crippen LogP contribution is -2.28. The summed E-state index contributed by atoms with van der Waals surface area (Å²) >= 11 is 5.38. The summed E-state index contributed by atoms with van der Waals surface area (Å²) in [6, 6.07) is 8.49. The quantitative estimate of drug-likeness (QED) is 0.789. The SMILES string of the molecule is CCCCc1ccc(NC(=S)NCc2c(C)nn(C)c2C)cc1. The lowest BCUT2D eigenvalue weighted by molar-refractivity contribution is 0.729. The Labute approximate surface area is 144 Å². The molecule has 2 N–H and O–H groups in total. The number of hydrogen-bond acceptors (Lipinski definition) is 2. The Balaban J connectivity index is 1.87. The van der Waals surface area contributed by atoms with Gasteiger partial charge in [-0.05, 0) is 56.6 Å². The number of thiocarbonyl (C=S) groups is 1. The third kappa shape index (κ3) is 4.79. The van der Waals surface area contributed by atoms with Crippen LogP contribution in [0.2, 0.25) is 0 Å². The molecule has 1 heterocycles. The van der Waals surface area contributed by atoms with Gasteiger partial charge in [-0.2, -0.15) is 5.10 Å². The smallest absolute Gasteiger partial charge is 0.171 e. The molecule has 0 aliphatic carbocycles. The van der Waals surface area contributed by atoms with Gasteiger partial charge in [0.25, 0.3) is 0 Å². The van der Waals surface area contributed by atoms with Gasteiger partial charge >= 0.3 is 0 Å². The molecule has 0 bridgehead atoms. The molecule has 0 radical (unpaired) electrons. The van der Waals surface area contributed by atoms with E-state index in [1.54, 1.807) is 0 Å². The van der Waals surface area contributed by atoms with E-state index in [2.05, 4.69) is 53.8 Å². The normalized spacial score (nSPS) is 10.6. The van der Waals surface area contributed by atoms with Crippen molar-refractivity contribution in [3.8, 4) is 0 Å². The first-order chi connectivity index (χ1) is 11.0. The minimum Gasteiger partial charge on any atom is -0.358 e. The Kier molecular flexibility index (Phi) is 6.16. The summed E-state index contributed by atoms with van der Waals surface area (Å²) in [7, 11) is 1.96. The van der Waals surface area contributed by atoms with Crippen molar-refractivity contribution in [3.05, 3.63) is 46.8 Å². The number of aryl methyl sites for hydroxylation is 3. The van der Waals surface area contributed by atoms with Gasteiger partial charge in [-0.25, -0.2) is 0 Å². The summed E-state index contributed by atoms with van der Waals surface area (Å²) in [6.45, 7) is 7.00. The number of nitrogens with one attached hydrogen (secondary N) is 2. The second-order valence-electron chi connectivity index (χ2n) is 5.88. The first-order valence-corrected chi connectivity index (χ1v) is 8.55. The molecule has 23 heavy (non-hydrogen) atoms. The Bertz CT molecular complexity index is 658. The van der Waals surface area contributed by atoms with E-state index in [1.165, 1.54) is 24.0 Å². The van der Waals surface area contributed by atoms with Crippen LogP contribution in [0.1, 0.15) is 42.3 Å². The molecule has 0 unspecified atom stereocenters. The van der Waals surface area contributed by atoms with Gasteiger partial charge < -0.3 is 10.6 Å². The average Bonchev–Trinajstić information content (AvgIpc) is 2.77. The minimum atomic E-state index is 0.633. The Hall–Kier alpha value is -1.88. The van der Waals surface area contributed by atoms with Crippen molar-refractivity contribution in [2.24, 2.45) is 7.05 Å². The molecule has 0 atom stereocenters. The average molecular weight is 331 g/mol. The van der Waals surface area contributed by atoms with E-state index in [1.807, 2.05) is 18.7 Å². The van der Waals surface area contributed by atoms with Crippen molar-refractivity contribution in [1.82, 2.24) is 15.1 Å². The van der Waals surface area contributed by atoms with Crippen molar-refractivity contribution in [3.63, 3.8) is 0 Å². The number of rotatable bonds is 6. The van der Waals surface area contributed by atoms with Crippen molar-refractivity contribution < 1.29 is 0 Å². The Morgan fingerprint density at radius 3 is 2.48 bits per heavy atom. The van der Waals surface area contributed by atoms with E-state index in [4.69, 9.17) is 12.2 Å². The fraction of sp³-hybridized carbons (Fsp3) is 0.444. The van der Waals surface area contributed by atoms with E-state index >= 15 is 0 Å². The fourth-order valence-electron chi connectivity index (χ4n) is 2.55. The van der Waals surface area contributed by atoms with E-state index in [-0.39, 0.29) is 0 Å². The first kappa shape index (κ1) is 17.5. The number of unbranched alkanes of at least 4 members (excludes halogenated alkanes) is 1. The highest BCUT2D eigenvalue weighted by Gasteiger charge is 2.09. The summed E-state index contributed by atoms with van der Waals surface area (Å²) in [4.78, 5) is 0. The molecule has 2 rings (SSSR count). The standard InChI is InChI=1S/C18H26N4S/c1-5-6-7-15-8-10-16(11-9-15)20-18(23)19-12-17-13(2)21-22(4)14(17)3/h8-11H,5-7,12H2,1-4H3,(H2,19,20,23). The second kappa shape index (κ2) is 8.11. The molecule has 0 aliphatic heterocycles. The lowest BCUT2D eigenvalue weighted by atomic mass is 10.1. The van der Waals surface area contributed by atoms with Gasteiger partial charge in [0, 0.05) is 30.5 Å². The van der Waals surface area contributed by atoms with Crippen LogP contribution in [0.15, 0.2) is 24.3 Å². The molecule has 0 spiro atoms. The monoisotopic (exact) mass is 330 g/mol. The number of nitrogens with zero attached hydrogens (tertiary/aromatic N) is 2. The summed E-state index contributed by atoms with van der Waals surface area (Å²) in [6.07, 6.45) is 3.59. The van der Waals surface area contributed by atoms with Gasteiger partial charge in [-0.15, -0.1) is 0 Å². The zero-order valence-corrected chi connectivity index (χ0v) is 15.3. The topological polar surface area (TPSA) is 41.9 Å². The predicted octanol–water partition coefficient (Wildman–Crippen LogP) is 3.87. The molecule has 0 amide bonds. The first-order valence-electron chi connectivity index (χ1n) is 8.14. The minimum absolute atomic E-state index is 0.633. The maximum atomic E-state index is 5.38. The van der Waals surface area contributed by atoms with Crippen molar-refractivity contribution in [1.29, 1.82) is 0 Å². The molecule has 1 aromatic heterocycles. The molecule has 124 valence electrons. The number of anilines is 1. The fourth-order valence-corrected chi connectivity index (χ4v) is 2.74. The van der Waals surface area contributed by atoms with Crippen molar-refractivity contribution >= 4 is 23.0 Å². The van der Waals surface area contributed by atoms with Crippen LogP contribution in [0.3, 0.4) is 0 Å². The third-order valence-corrected chi connectivity index (χ3v) is 4.36. The van der Waals surface area contributed by atoms with E-state index in [0.29, 0.717) is 11.7 Å². The molecular weight excluding hydrogens is 304 g/mol. The van der Waals surface area contributed by atoms with Crippen LogP contribution in [0, 0.1) is 13.8 Å². The van der Waals surface area contributed by atoms with E-state index < -0.39 is 0 Å². The highest BCUT2D eigenvalue weighted by Crippen LogP contribution is 2.13. The molecule has 0 aliphatic rings. The number of hydrogen-bond donors (Lipinski definition) is 2. The lowest BCUT2D eigenvalue weighted by Gasteiger charge is -2.11. The van der Waals surface area contributed by atoms with Gasteiger partial charge in [0.1, 0.15) is 0 Å². The van der Waals surface area contributed by atoms with E-state index in [0.717, 1.165) is 23.5 Å². The molecule has 0 saturated heterocycles. The van der Waals surface area contributed by atoms with Gasteiger partial charge in [-0.1, -0.05) is 25.5 Å². The van der Waals surface area contributed by atoms with Crippen molar-refractivity contribution in [2.45, 2.75) is 46.6 Å².